The molecule has 1 unspecified atom stereocenters. The molecule has 3 aromatic rings. The molecule has 0 saturated carbocycles. The van der Waals surface area contributed by atoms with Crippen molar-refractivity contribution in [3.05, 3.63) is 78.1 Å². The second-order valence-corrected chi connectivity index (χ2v) is 6.57. The van der Waals surface area contributed by atoms with Crippen LogP contribution in [0.2, 0.25) is 0 Å². The van der Waals surface area contributed by atoms with Gasteiger partial charge in [-0.05, 0) is 18.6 Å². The second-order valence-electron chi connectivity index (χ2n) is 6.57. The second kappa shape index (κ2) is 7.03. The molecule has 2 aromatic carbocycles. The van der Waals surface area contributed by atoms with E-state index in [1.54, 1.807) is 0 Å². The molecule has 25 heavy (non-hydrogen) atoms. The van der Waals surface area contributed by atoms with Gasteiger partial charge in [0, 0.05) is 54.9 Å². The van der Waals surface area contributed by atoms with Crippen LogP contribution in [0.25, 0.3) is 11.4 Å². The van der Waals surface area contributed by atoms with Gasteiger partial charge in [-0.25, -0.2) is 9.97 Å². The lowest BCUT2D eigenvalue weighted by atomic mass is 10.1. The number of nitrogens with zero attached hydrogens (tertiary/aromatic N) is 3. The van der Waals surface area contributed by atoms with Crippen molar-refractivity contribution in [2.24, 2.45) is 0 Å². The zero-order valence-electron chi connectivity index (χ0n) is 14.4. The van der Waals surface area contributed by atoms with Gasteiger partial charge in [0.15, 0.2) is 5.82 Å². The fourth-order valence-corrected chi connectivity index (χ4v) is 3.29. The molecule has 126 valence electrons. The molecule has 0 radical (unpaired) electrons. The molecule has 1 aromatic heterocycles. The minimum atomic E-state index is 0.442. The average Bonchev–Trinajstić information content (AvgIpc) is 2.82. The van der Waals surface area contributed by atoms with Gasteiger partial charge in [-0.3, -0.25) is 0 Å². The summed E-state index contributed by atoms with van der Waals surface area (Å²) in [5, 5.41) is 3.57. The van der Waals surface area contributed by atoms with E-state index in [1.807, 2.05) is 42.7 Å². The topological polar surface area (TPSA) is 41.1 Å². The Labute approximate surface area is 148 Å². The van der Waals surface area contributed by atoms with Gasteiger partial charge in [0.25, 0.3) is 0 Å². The largest absolute Gasteiger partial charge is 0.365 e. The highest BCUT2D eigenvalue weighted by Gasteiger charge is 2.19. The summed E-state index contributed by atoms with van der Waals surface area (Å²) in [6, 6.07) is 19.1. The Morgan fingerprint density at radius 3 is 2.52 bits per heavy atom. The molecule has 4 rings (SSSR count). The maximum absolute atomic E-state index is 4.56. The standard InChI is InChI=1S/C21H22N4/c1-16-14-25(20-10-6-5-9-19(20)13-22-16)15-17-11-23-21(24-12-17)18-7-3-2-4-8-18/h2-12,16,22H,13-15H2,1H3. The van der Waals surface area contributed by atoms with Crippen LogP contribution >= 0.6 is 0 Å². The van der Waals surface area contributed by atoms with Crippen molar-refractivity contribution in [3.8, 4) is 11.4 Å². The zero-order valence-corrected chi connectivity index (χ0v) is 14.4. The predicted octanol–water partition coefficient (Wildman–Crippen LogP) is 3.64. The van der Waals surface area contributed by atoms with Crippen LogP contribution in [-0.4, -0.2) is 22.6 Å². The molecule has 0 spiro atoms. The summed E-state index contributed by atoms with van der Waals surface area (Å²) in [5.74, 6) is 0.774. The smallest absolute Gasteiger partial charge is 0.159 e. The van der Waals surface area contributed by atoms with E-state index < -0.39 is 0 Å². The van der Waals surface area contributed by atoms with Crippen molar-refractivity contribution in [2.45, 2.75) is 26.1 Å². The van der Waals surface area contributed by atoms with E-state index in [4.69, 9.17) is 0 Å². The van der Waals surface area contributed by atoms with Gasteiger partial charge in [0.1, 0.15) is 0 Å². The van der Waals surface area contributed by atoms with Crippen molar-refractivity contribution in [1.82, 2.24) is 15.3 Å². The summed E-state index contributed by atoms with van der Waals surface area (Å²) in [6.07, 6.45) is 3.89. The number of rotatable bonds is 3. The van der Waals surface area contributed by atoms with E-state index in [1.165, 1.54) is 11.3 Å². The van der Waals surface area contributed by atoms with Gasteiger partial charge in [-0.1, -0.05) is 48.5 Å². The van der Waals surface area contributed by atoms with E-state index in [0.29, 0.717) is 6.04 Å². The number of anilines is 1. The lowest BCUT2D eigenvalue weighted by molar-refractivity contribution is 0.552. The van der Waals surface area contributed by atoms with Gasteiger partial charge in [0.05, 0.1) is 0 Å². The monoisotopic (exact) mass is 330 g/mol. The van der Waals surface area contributed by atoms with Crippen molar-refractivity contribution in [2.75, 3.05) is 11.4 Å². The molecule has 1 atom stereocenters. The third-order valence-electron chi connectivity index (χ3n) is 4.58. The lowest BCUT2D eigenvalue weighted by Crippen LogP contribution is -2.35. The van der Waals surface area contributed by atoms with Crippen LogP contribution in [-0.2, 0) is 13.1 Å². The first-order valence-corrected chi connectivity index (χ1v) is 8.72. The van der Waals surface area contributed by atoms with Gasteiger partial charge in [-0.15, -0.1) is 0 Å². The molecular formula is C21H22N4. The fourth-order valence-electron chi connectivity index (χ4n) is 3.29. The first-order valence-electron chi connectivity index (χ1n) is 8.72. The number of para-hydroxylation sites is 1. The molecule has 0 bridgehead atoms. The van der Waals surface area contributed by atoms with Crippen LogP contribution in [0.4, 0.5) is 5.69 Å². The quantitative estimate of drug-likeness (QED) is 0.796. The number of hydrogen-bond donors (Lipinski definition) is 1. The molecule has 0 fully saturated rings. The Morgan fingerprint density at radius 1 is 1.00 bits per heavy atom. The Hall–Kier alpha value is -2.72. The minimum Gasteiger partial charge on any atom is -0.365 e. The summed E-state index contributed by atoms with van der Waals surface area (Å²) in [6.45, 7) is 4.93. The van der Waals surface area contributed by atoms with Crippen molar-refractivity contribution in [3.63, 3.8) is 0 Å². The highest BCUT2D eigenvalue weighted by atomic mass is 15.2. The maximum Gasteiger partial charge on any atom is 0.159 e. The third-order valence-corrected chi connectivity index (χ3v) is 4.58. The molecular weight excluding hydrogens is 308 g/mol. The summed E-state index contributed by atoms with van der Waals surface area (Å²) in [5.41, 5.74) is 4.82. The number of aromatic nitrogens is 2. The molecule has 1 aliphatic rings. The first kappa shape index (κ1) is 15.8. The highest BCUT2D eigenvalue weighted by molar-refractivity contribution is 5.56. The third kappa shape index (κ3) is 3.54. The molecule has 1 aliphatic heterocycles. The number of nitrogens with one attached hydrogen (secondary N) is 1. The first-order chi connectivity index (χ1) is 12.3. The van der Waals surface area contributed by atoms with Crippen LogP contribution in [0, 0.1) is 0 Å². The van der Waals surface area contributed by atoms with Crippen LogP contribution in [0.1, 0.15) is 18.1 Å². The summed E-state index contributed by atoms with van der Waals surface area (Å²) >= 11 is 0. The minimum absolute atomic E-state index is 0.442. The molecule has 4 nitrogen and oxygen atoms in total. The van der Waals surface area contributed by atoms with Crippen LogP contribution < -0.4 is 10.2 Å². The van der Waals surface area contributed by atoms with E-state index in [-0.39, 0.29) is 0 Å². The maximum atomic E-state index is 4.56. The number of benzene rings is 2. The van der Waals surface area contributed by atoms with Crippen molar-refractivity contribution < 1.29 is 0 Å². The van der Waals surface area contributed by atoms with E-state index in [0.717, 1.165) is 36.6 Å². The van der Waals surface area contributed by atoms with Crippen molar-refractivity contribution >= 4 is 5.69 Å². The SMILES string of the molecule is CC1CN(Cc2cnc(-c3ccccc3)nc2)c2ccccc2CN1. The lowest BCUT2D eigenvalue weighted by Gasteiger charge is -2.26. The number of fused-ring (bicyclic) bond motifs is 1. The Kier molecular flexibility index (Phi) is 4.44. The summed E-state index contributed by atoms with van der Waals surface area (Å²) in [4.78, 5) is 11.5. The fraction of sp³-hybridized carbons (Fsp3) is 0.238. The zero-order chi connectivity index (χ0) is 17.1. The van der Waals surface area contributed by atoms with Crippen LogP contribution in [0.3, 0.4) is 0 Å². The molecule has 0 amide bonds. The molecule has 2 heterocycles. The van der Waals surface area contributed by atoms with E-state index in [2.05, 4.69) is 51.4 Å². The average molecular weight is 330 g/mol. The Morgan fingerprint density at radius 2 is 1.72 bits per heavy atom. The van der Waals surface area contributed by atoms with Gasteiger partial charge in [-0.2, -0.15) is 0 Å². The normalized spacial score (nSPS) is 17.0. The predicted molar refractivity (Wildman–Crippen MR) is 101 cm³/mol. The van der Waals surface area contributed by atoms with Gasteiger partial charge >= 0.3 is 0 Å². The molecule has 0 aliphatic carbocycles. The Balaban J connectivity index is 1.57. The highest BCUT2D eigenvalue weighted by Crippen LogP contribution is 2.25. The summed E-state index contributed by atoms with van der Waals surface area (Å²) < 4.78 is 0. The van der Waals surface area contributed by atoms with Crippen LogP contribution in [0.5, 0.6) is 0 Å². The van der Waals surface area contributed by atoms with Crippen LogP contribution in [0.15, 0.2) is 67.0 Å². The molecule has 4 heteroatoms. The Bertz CT molecular complexity index is 830. The molecule has 0 saturated heterocycles. The van der Waals surface area contributed by atoms with Gasteiger partial charge in [0.2, 0.25) is 0 Å². The summed E-state index contributed by atoms with van der Waals surface area (Å²) in [7, 11) is 0. The molecule has 1 N–H and O–H groups in total. The van der Waals surface area contributed by atoms with Crippen molar-refractivity contribution in [1.29, 1.82) is 0 Å². The van der Waals surface area contributed by atoms with E-state index in [9.17, 15) is 0 Å². The van der Waals surface area contributed by atoms with E-state index >= 15 is 0 Å². The van der Waals surface area contributed by atoms with Gasteiger partial charge < -0.3 is 10.2 Å². The number of hydrogen-bond acceptors (Lipinski definition) is 4.